The van der Waals surface area contributed by atoms with Gasteiger partial charge in [0, 0.05) is 37.6 Å². The number of carbonyl (C=O) groups excluding carboxylic acids is 2. The highest BCUT2D eigenvalue weighted by Gasteiger charge is 2.22. The van der Waals surface area contributed by atoms with Crippen molar-refractivity contribution in [3.63, 3.8) is 0 Å². The highest BCUT2D eigenvalue weighted by Crippen LogP contribution is 2.23. The lowest BCUT2D eigenvalue weighted by Gasteiger charge is -2.35. The van der Waals surface area contributed by atoms with E-state index in [1.807, 2.05) is 24.3 Å². The molecule has 0 saturated carbocycles. The van der Waals surface area contributed by atoms with Crippen LogP contribution in [-0.2, 0) is 4.79 Å². The number of nitrogens with two attached hydrogens (primary N) is 1. The minimum Gasteiger partial charge on any atom is -0.366 e. The SMILES string of the molecule is Cc1cc(NC(=O)CN2CCN(c3cc(C(N)=O)c4ccccc4n3)CC2)no1. The Balaban J connectivity index is 1.40. The molecule has 1 aliphatic heterocycles. The molecule has 0 spiro atoms. The molecule has 150 valence electrons. The van der Waals surface area contributed by atoms with Crippen molar-refractivity contribution in [2.75, 3.05) is 42.9 Å². The zero-order valence-corrected chi connectivity index (χ0v) is 16.1. The fraction of sp³-hybridized carbons (Fsp3) is 0.300. The maximum absolute atomic E-state index is 12.2. The first-order valence-corrected chi connectivity index (χ1v) is 9.39. The second-order valence-corrected chi connectivity index (χ2v) is 7.04. The number of aromatic nitrogens is 2. The molecule has 2 amide bonds. The van der Waals surface area contributed by atoms with Crippen LogP contribution in [0.3, 0.4) is 0 Å². The normalized spacial score (nSPS) is 14.9. The summed E-state index contributed by atoms with van der Waals surface area (Å²) in [6.45, 7) is 4.83. The highest BCUT2D eigenvalue weighted by atomic mass is 16.5. The van der Waals surface area contributed by atoms with Crippen LogP contribution >= 0.6 is 0 Å². The summed E-state index contributed by atoms with van der Waals surface area (Å²) < 4.78 is 4.95. The Kier molecular flexibility index (Phi) is 5.13. The van der Waals surface area contributed by atoms with Crippen LogP contribution in [0, 0.1) is 6.92 Å². The molecule has 1 saturated heterocycles. The predicted molar refractivity (Wildman–Crippen MR) is 109 cm³/mol. The maximum Gasteiger partial charge on any atom is 0.249 e. The third kappa shape index (κ3) is 4.19. The molecule has 0 atom stereocenters. The van der Waals surface area contributed by atoms with E-state index in [9.17, 15) is 9.59 Å². The van der Waals surface area contributed by atoms with Crippen molar-refractivity contribution in [1.82, 2.24) is 15.0 Å². The quantitative estimate of drug-likeness (QED) is 0.671. The number of aryl methyl sites for hydroxylation is 1. The van der Waals surface area contributed by atoms with E-state index >= 15 is 0 Å². The number of carbonyl (C=O) groups is 2. The number of hydrogen-bond donors (Lipinski definition) is 2. The van der Waals surface area contributed by atoms with Gasteiger partial charge in [-0.15, -0.1) is 0 Å². The number of benzene rings is 1. The van der Waals surface area contributed by atoms with Gasteiger partial charge in [0.25, 0.3) is 0 Å². The molecule has 0 bridgehead atoms. The van der Waals surface area contributed by atoms with Crippen molar-refractivity contribution >= 4 is 34.4 Å². The van der Waals surface area contributed by atoms with Crippen LogP contribution in [0.4, 0.5) is 11.6 Å². The van der Waals surface area contributed by atoms with Gasteiger partial charge < -0.3 is 20.5 Å². The number of hydrogen-bond acceptors (Lipinski definition) is 7. The Labute approximate surface area is 167 Å². The van der Waals surface area contributed by atoms with Gasteiger partial charge in [-0.25, -0.2) is 4.98 Å². The van der Waals surface area contributed by atoms with Crippen LogP contribution in [0.15, 0.2) is 40.9 Å². The van der Waals surface area contributed by atoms with Gasteiger partial charge in [0.1, 0.15) is 11.6 Å². The number of fused-ring (bicyclic) bond motifs is 1. The average Bonchev–Trinajstić information content (AvgIpc) is 3.12. The predicted octanol–water partition coefficient (Wildman–Crippen LogP) is 1.39. The summed E-state index contributed by atoms with van der Waals surface area (Å²) in [5.41, 5.74) is 6.78. The first kappa shape index (κ1) is 18.9. The van der Waals surface area contributed by atoms with E-state index < -0.39 is 5.91 Å². The number of anilines is 2. The third-order valence-electron chi connectivity index (χ3n) is 4.93. The van der Waals surface area contributed by atoms with E-state index in [-0.39, 0.29) is 12.5 Å². The highest BCUT2D eigenvalue weighted by molar-refractivity contribution is 6.06. The topological polar surface area (TPSA) is 118 Å². The average molecular weight is 394 g/mol. The fourth-order valence-corrected chi connectivity index (χ4v) is 3.47. The van der Waals surface area contributed by atoms with Gasteiger partial charge in [-0.1, -0.05) is 23.4 Å². The number of nitrogens with zero attached hydrogens (tertiary/aromatic N) is 4. The molecule has 3 N–H and O–H groups in total. The monoisotopic (exact) mass is 394 g/mol. The summed E-state index contributed by atoms with van der Waals surface area (Å²) in [7, 11) is 0. The molecule has 29 heavy (non-hydrogen) atoms. The molecule has 3 aromatic rings. The molecule has 1 aliphatic rings. The number of primary amides is 1. The minimum atomic E-state index is -0.469. The summed E-state index contributed by atoms with van der Waals surface area (Å²) >= 11 is 0. The Morgan fingerprint density at radius 1 is 1.17 bits per heavy atom. The number of amides is 2. The van der Waals surface area contributed by atoms with Crippen molar-refractivity contribution in [3.05, 3.63) is 47.7 Å². The molecule has 9 heteroatoms. The molecule has 2 aromatic heterocycles. The number of nitrogens with one attached hydrogen (secondary N) is 1. The molecule has 0 radical (unpaired) electrons. The Hall–Kier alpha value is -3.46. The van der Waals surface area contributed by atoms with E-state index in [4.69, 9.17) is 10.3 Å². The zero-order chi connectivity index (χ0) is 20.4. The molecule has 3 heterocycles. The molecular weight excluding hydrogens is 372 g/mol. The standard InChI is InChI=1S/C20H22N6O3/c1-13-10-17(24-29-13)23-19(27)12-25-6-8-26(9-7-25)18-11-15(20(21)28)14-4-2-3-5-16(14)22-18/h2-5,10-11H,6-9,12H2,1H3,(H2,21,28)(H,23,24,27). The third-order valence-corrected chi connectivity index (χ3v) is 4.93. The molecule has 9 nitrogen and oxygen atoms in total. The number of piperazine rings is 1. The van der Waals surface area contributed by atoms with Gasteiger partial charge in [-0.3, -0.25) is 14.5 Å². The van der Waals surface area contributed by atoms with Gasteiger partial charge in [0.2, 0.25) is 11.8 Å². The van der Waals surface area contributed by atoms with Crippen LogP contribution in [0.2, 0.25) is 0 Å². The smallest absolute Gasteiger partial charge is 0.249 e. The van der Waals surface area contributed by atoms with Crippen molar-refractivity contribution < 1.29 is 14.1 Å². The molecule has 4 rings (SSSR count). The summed E-state index contributed by atoms with van der Waals surface area (Å²) in [5, 5.41) is 7.25. The number of para-hydroxylation sites is 1. The van der Waals surface area contributed by atoms with Gasteiger partial charge in [-0.05, 0) is 19.1 Å². The second kappa shape index (κ2) is 7.88. The van der Waals surface area contributed by atoms with E-state index in [0.717, 1.165) is 16.7 Å². The summed E-state index contributed by atoms with van der Waals surface area (Å²) in [5.74, 6) is 1.19. The minimum absolute atomic E-state index is 0.133. The van der Waals surface area contributed by atoms with Crippen LogP contribution in [0.1, 0.15) is 16.1 Å². The fourth-order valence-electron chi connectivity index (χ4n) is 3.47. The lowest BCUT2D eigenvalue weighted by molar-refractivity contribution is -0.117. The summed E-state index contributed by atoms with van der Waals surface area (Å²) in [4.78, 5) is 32.9. The first-order valence-electron chi connectivity index (χ1n) is 9.39. The van der Waals surface area contributed by atoms with E-state index in [0.29, 0.717) is 43.3 Å². The van der Waals surface area contributed by atoms with Gasteiger partial charge in [0.15, 0.2) is 5.82 Å². The second-order valence-electron chi connectivity index (χ2n) is 7.04. The molecular formula is C20H22N6O3. The van der Waals surface area contributed by atoms with Gasteiger partial charge >= 0.3 is 0 Å². The molecule has 1 aromatic carbocycles. The van der Waals surface area contributed by atoms with E-state index in [2.05, 4.69) is 25.3 Å². The van der Waals surface area contributed by atoms with Crippen molar-refractivity contribution in [3.8, 4) is 0 Å². The van der Waals surface area contributed by atoms with Crippen LogP contribution in [-0.4, -0.2) is 59.6 Å². The van der Waals surface area contributed by atoms with Crippen LogP contribution < -0.4 is 16.0 Å². The lowest BCUT2D eigenvalue weighted by atomic mass is 10.1. The Morgan fingerprint density at radius 3 is 2.62 bits per heavy atom. The van der Waals surface area contributed by atoms with E-state index in [1.54, 1.807) is 19.1 Å². The van der Waals surface area contributed by atoms with Crippen molar-refractivity contribution in [1.29, 1.82) is 0 Å². The number of rotatable bonds is 5. The Morgan fingerprint density at radius 2 is 1.93 bits per heavy atom. The zero-order valence-electron chi connectivity index (χ0n) is 16.1. The van der Waals surface area contributed by atoms with Crippen LogP contribution in [0.5, 0.6) is 0 Å². The molecule has 0 unspecified atom stereocenters. The first-order chi connectivity index (χ1) is 14.0. The van der Waals surface area contributed by atoms with Crippen LogP contribution in [0.25, 0.3) is 10.9 Å². The molecule has 0 aliphatic carbocycles. The molecule has 1 fully saturated rings. The van der Waals surface area contributed by atoms with Crippen molar-refractivity contribution in [2.45, 2.75) is 6.92 Å². The Bertz CT molecular complexity index is 1060. The summed E-state index contributed by atoms with van der Waals surface area (Å²) in [6.07, 6.45) is 0. The van der Waals surface area contributed by atoms with Gasteiger partial charge in [-0.2, -0.15) is 0 Å². The number of pyridine rings is 1. The van der Waals surface area contributed by atoms with Crippen molar-refractivity contribution in [2.24, 2.45) is 5.73 Å². The maximum atomic E-state index is 12.2. The lowest BCUT2D eigenvalue weighted by Crippen LogP contribution is -2.49. The van der Waals surface area contributed by atoms with E-state index in [1.165, 1.54) is 0 Å². The van der Waals surface area contributed by atoms with Gasteiger partial charge in [0.05, 0.1) is 17.6 Å². The largest absolute Gasteiger partial charge is 0.366 e. The summed E-state index contributed by atoms with van der Waals surface area (Å²) in [6, 6.07) is 10.9.